The Labute approximate surface area is 80.4 Å². The lowest BCUT2D eigenvalue weighted by molar-refractivity contribution is 0.545. The third-order valence-electron chi connectivity index (χ3n) is 1.59. The Morgan fingerprint density at radius 3 is 2.62 bits per heavy atom. The molecule has 0 amide bonds. The van der Waals surface area contributed by atoms with Crippen LogP contribution in [0.5, 0.6) is 0 Å². The molecular weight excluding hydrogens is 184 g/mol. The van der Waals surface area contributed by atoms with Gasteiger partial charge < -0.3 is 4.42 Å². The van der Waals surface area contributed by atoms with Crippen molar-refractivity contribution in [2.45, 2.75) is 0 Å². The summed E-state index contributed by atoms with van der Waals surface area (Å²) in [4.78, 5) is 0.582. The van der Waals surface area contributed by atoms with Gasteiger partial charge in [-0.05, 0) is 5.56 Å². The molecule has 0 bridgehead atoms. The lowest BCUT2D eigenvalue weighted by atomic mass is 10.1. The van der Waals surface area contributed by atoms with Crippen LogP contribution < -0.4 is 0 Å². The van der Waals surface area contributed by atoms with Crippen LogP contribution in [0.1, 0.15) is 11.5 Å². The molecule has 1 heterocycles. The number of benzene rings is 1. The Kier molecular flexibility index (Phi) is 2.14. The highest BCUT2D eigenvalue weighted by Crippen LogP contribution is 2.07. The third kappa shape index (κ3) is 1.62. The van der Waals surface area contributed by atoms with E-state index in [4.69, 9.17) is 16.6 Å². The van der Waals surface area contributed by atoms with Crippen molar-refractivity contribution in [1.82, 2.24) is 10.2 Å². The zero-order valence-corrected chi connectivity index (χ0v) is 7.49. The molecule has 0 radical (unpaired) electrons. The minimum Gasteiger partial charge on any atom is -0.423 e. The lowest BCUT2D eigenvalue weighted by Crippen LogP contribution is -1.99. The summed E-state index contributed by atoms with van der Waals surface area (Å²) in [6, 6.07) is 9.58. The van der Waals surface area contributed by atoms with Gasteiger partial charge in [-0.15, -0.1) is 10.2 Å². The monoisotopic (exact) mass is 190 g/mol. The van der Waals surface area contributed by atoms with E-state index in [9.17, 15) is 0 Å². The van der Waals surface area contributed by atoms with Crippen molar-refractivity contribution >= 4 is 17.1 Å². The largest absolute Gasteiger partial charge is 0.423 e. The predicted molar refractivity (Wildman–Crippen MR) is 51.5 cm³/mol. The Hall–Kier alpha value is -1.55. The summed E-state index contributed by atoms with van der Waals surface area (Å²) >= 11 is 5.14. The molecule has 3 nitrogen and oxygen atoms in total. The van der Waals surface area contributed by atoms with Crippen LogP contribution in [-0.4, -0.2) is 15.1 Å². The minimum absolute atomic E-state index is 0.390. The van der Waals surface area contributed by atoms with Gasteiger partial charge in [0.25, 0.3) is 5.89 Å². The summed E-state index contributed by atoms with van der Waals surface area (Å²) in [6.45, 7) is 0. The molecule has 1 aromatic carbocycles. The van der Waals surface area contributed by atoms with E-state index in [-0.39, 0.29) is 0 Å². The first-order chi connectivity index (χ1) is 6.38. The zero-order valence-electron chi connectivity index (χ0n) is 6.68. The summed E-state index contributed by atoms with van der Waals surface area (Å²) in [6.07, 6.45) is 1.27. The molecule has 0 unspecified atom stereocenters. The van der Waals surface area contributed by atoms with E-state index in [0.717, 1.165) is 5.56 Å². The number of thiocarbonyl (C=S) groups is 1. The molecule has 4 heteroatoms. The summed E-state index contributed by atoms with van der Waals surface area (Å²) < 4.78 is 4.99. The first-order valence-corrected chi connectivity index (χ1v) is 4.14. The van der Waals surface area contributed by atoms with Crippen LogP contribution in [0.3, 0.4) is 0 Å². The third-order valence-corrected chi connectivity index (χ3v) is 2.00. The van der Waals surface area contributed by atoms with Crippen LogP contribution in [0.2, 0.25) is 0 Å². The van der Waals surface area contributed by atoms with Gasteiger partial charge >= 0.3 is 0 Å². The molecule has 0 saturated heterocycles. The maximum absolute atomic E-state index is 5.14. The Balaban J connectivity index is 2.34. The van der Waals surface area contributed by atoms with Crippen LogP contribution in [0, 0.1) is 0 Å². The van der Waals surface area contributed by atoms with E-state index in [1.807, 2.05) is 30.3 Å². The zero-order chi connectivity index (χ0) is 9.10. The molecule has 0 aliphatic heterocycles. The van der Waals surface area contributed by atoms with Gasteiger partial charge in [0.05, 0.1) is 0 Å². The molecular formula is C9H6N2OS. The van der Waals surface area contributed by atoms with Gasteiger partial charge in [-0.25, -0.2) is 0 Å². The highest BCUT2D eigenvalue weighted by atomic mass is 32.1. The molecule has 0 spiro atoms. The molecule has 13 heavy (non-hydrogen) atoms. The van der Waals surface area contributed by atoms with Crippen LogP contribution >= 0.6 is 12.2 Å². The van der Waals surface area contributed by atoms with Crippen molar-refractivity contribution in [3.63, 3.8) is 0 Å². The molecule has 0 aliphatic carbocycles. The quantitative estimate of drug-likeness (QED) is 0.535. The standard InChI is InChI=1S/C9H6N2OS/c13-8(9-11-10-6-12-9)7-4-2-1-3-5-7/h1-6H. The average molecular weight is 190 g/mol. The van der Waals surface area contributed by atoms with Crippen molar-refractivity contribution in [1.29, 1.82) is 0 Å². The van der Waals surface area contributed by atoms with Crippen LogP contribution in [0.25, 0.3) is 0 Å². The summed E-state index contributed by atoms with van der Waals surface area (Å²) in [5, 5.41) is 7.30. The molecule has 0 saturated carbocycles. The van der Waals surface area contributed by atoms with Gasteiger partial charge in [0, 0.05) is 0 Å². The van der Waals surface area contributed by atoms with Crippen LogP contribution in [0.4, 0.5) is 0 Å². The van der Waals surface area contributed by atoms with Gasteiger partial charge in [0.2, 0.25) is 6.39 Å². The number of aromatic nitrogens is 2. The van der Waals surface area contributed by atoms with Gasteiger partial charge in [0.1, 0.15) is 4.86 Å². The van der Waals surface area contributed by atoms with E-state index < -0.39 is 0 Å². The van der Waals surface area contributed by atoms with Crippen LogP contribution in [0.15, 0.2) is 41.1 Å². The van der Waals surface area contributed by atoms with Crippen molar-refractivity contribution in [2.24, 2.45) is 0 Å². The molecule has 0 aliphatic rings. The smallest absolute Gasteiger partial charge is 0.258 e. The second-order valence-corrected chi connectivity index (χ2v) is 2.85. The fourth-order valence-corrected chi connectivity index (χ4v) is 1.21. The van der Waals surface area contributed by atoms with Gasteiger partial charge in [0.15, 0.2) is 0 Å². The molecule has 0 fully saturated rings. The number of nitrogens with zero attached hydrogens (tertiary/aromatic N) is 2. The highest BCUT2D eigenvalue weighted by molar-refractivity contribution is 7.81. The lowest BCUT2D eigenvalue weighted by Gasteiger charge is -1.96. The number of hydrogen-bond donors (Lipinski definition) is 0. The highest BCUT2D eigenvalue weighted by Gasteiger charge is 2.08. The van der Waals surface area contributed by atoms with Crippen molar-refractivity contribution in [3.05, 3.63) is 48.2 Å². The molecule has 1 aromatic heterocycles. The SMILES string of the molecule is S=C(c1ccccc1)c1nnco1. The maximum atomic E-state index is 5.14. The van der Waals surface area contributed by atoms with E-state index in [2.05, 4.69) is 10.2 Å². The maximum Gasteiger partial charge on any atom is 0.258 e. The summed E-state index contributed by atoms with van der Waals surface area (Å²) in [5.74, 6) is 0.390. The van der Waals surface area contributed by atoms with Gasteiger partial charge in [-0.2, -0.15) is 0 Å². The fourth-order valence-electron chi connectivity index (χ4n) is 0.985. The second kappa shape index (κ2) is 3.45. The minimum atomic E-state index is 0.390. The van der Waals surface area contributed by atoms with E-state index in [1.165, 1.54) is 6.39 Å². The molecule has 2 rings (SSSR count). The van der Waals surface area contributed by atoms with E-state index in [1.54, 1.807) is 0 Å². The summed E-state index contributed by atoms with van der Waals surface area (Å²) in [5.41, 5.74) is 0.918. The van der Waals surface area contributed by atoms with Crippen molar-refractivity contribution < 1.29 is 4.42 Å². The Morgan fingerprint density at radius 2 is 2.00 bits per heavy atom. The molecule has 64 valence electrons. The van der Waals surface area contributed by atoms with Crippen molar-refractivity contribution in [2.75, 3.05) is 0 Å². The second-order valence-electron chi connectivity index (χ2n) is 2.44. The van der Waals surface area contributed by atoms with Crippen LogP contribution in [-0.2, 0) is 0 Å². The Morgan fingerprint density at radius 1 is 1.23 bits per heavy atom. The summed E-state index contributed by atoms with van der Waals surface area (Å²) in [7, 11) is 0. The molecule has 0 atom stereocenters. The van der Waals surface area contributed by atoms with E-state index >= 15 is 0 Å². The number of hydrogen-bond acceptors (Lipinski definition) is 4. The normalized spacial score (nSPS) is 9.85. The fraction of sp³-hybridized carbons (Fsp3) is 0. The van der Waals surface area contributed by atoms with Gasteiger partial charge in [-0.1, -0.05) is 42.5 Å². The van der Waals surface area contributed by atoms with Crippen molar-refractivity contribution in [3.8, 4) is 0 Å². The predicted octanol–water partition coefficient (Wildman–Crippen LogP) is 1.84. The topological polar surface area (TPSA) is 38.9 Å². The molecule has 2 aromatic rings. The first kappa shape index (κ1) is 8.07. The number of rotatable bonds is 2. The Bertz CT molecular complexity index is 397. The molecule has 0 N–H and O–H groups in total. The van der Waals surface area contributed by atoms with Gasteiger partial charge in [-0.3, -0.25) is 0 Å². The van der Waals surface area contributed by atoms with E-state index in [0.29, 0.717) is 10.8 Å². The average Bonchev–Trinajstić information content (AvgIpc) is 2.71. The first-order valence-electron chi connectivity index (χ1n) is 3.74.